The van der Waals surface area contributed by atoms with E-state index in [4.69, 9.17) is 4.74 Å². The number of carbonyl (C=O) groups is 1. The van der Waals surface area contributed by atoms with Crippen LogP contribution in [0.1, 0.15) is 54.1 Å². The SMILES string of the molecule is CCOc1cncc(-c2cnc(C(=O)NC(CCN3CCC(F)C3)c3cc(NS(=O)(=O)C4CC4)ccn3)s2)n1. The van der Waals surface area contributed by atoms with Crippen LogP contribution < -0.4 is 14.8 Å². The van der Waals surface area contributed by atoms with E-state index < -0.39 is 28.1 Å². The third-order valence-corrected chi connectivity index (χ3v) is 9.36. The topological polar surface area (TPSA) is 139 Å². The van der Waals surface area contributed by atoms with Crippen molar-refractivity contribution in [1.29, 1.82) is 0 Å². The zero-order valence-electron chi connectivity index (χ0n) is 21.4. The fourth-order valence-corrected chi connectivity index (χ4v) is 6.48. The highest BCUT2D eigenvalue weighted by molar-refractivity contribution is 7.93. The molecule has 0 bridgehead atoms. The normalized spacial score (nSPS) is 18.6. The average Bonchev–Trinajstić information content (AvgIpc) is 3.53. The molecule has 2 aliphatic rings. The fourth-order valence-electron chi connectivity index (χ4n) is 4.32. The van der Waals surface area contributed by atoms with Gasteiger partial charge in [-0.2, -0.15) is 0 Å². The van der Waals surface area contributed by atoms with Gasteiger partial charge >= 0.3 is 0 Å². The number of alkyl halides is 1. The van der Waals surface area contributed by atoms with Crippen molar-refractivity contribution in [3.63, 3.8) is 0 Å². The number of amides is 1. The molecule has 5 rings (SSSR count). The Kier molecular flexibility index (Phi) is 8.33. The Morgan fingerprint density at radius 1 is 1.26 bits per heavy atom. The van der Waals surface area contributed by atoms with Gasteiger partial charge in [0.25, 0.3) is 5.91 Å². The number of nitrogens with one attached hydrogen (secondary N) is 2. The molecule has 1 aliphatic carbocycles. The molecule has 0 spiro atoms. The van der Waals surface area contributed by atoms with Gasteiger partial charge in [0.05, 0.1) is 46.6 Å². The summed E-state index contributed by atoms with van der Waals surface area (Å²) in [4.78, 5) is 33.2. The Morgan fingerprint density at radius 3 is 2.85 bits per heavy atom. The summed E-state index contributed by atoms with van der Waals surface area (Å²) in [7, 11) is -3.45. The number of aromatic nitrogens is 4. The molecule has 1 amide bonds. The van der Waals surface area contributed by atoms with E-state index in [1.807, 2.05) is 11.8 Å². The summed E-state index contributed by atoms with van der Waals surface area (Å²) in [6.45, 7) is 3.86. The van der Waals surface area contributed by atoms with Crippen molar-refractivity contribution in [1.82, 2.24) is 30.2 Å². The maximum Gasteiger partial charge on any atom is 0.280 e. The van der Waals surface area contributed by atoms with Crippen LogP contribution in [0.4, 0.5) is 10.1 Å². The highest BCUT2D eigenvalue weighted by Gasteiger charge is 2.36. The molecule has 2 atom stereocenters. The smallest absolute Gasteiger partial charge is 0.280 e. The van der Waals surface area contributed by atoms with Crippen LogP contribution in [0.2, 0.25) is 0 Å². The maximum absolute atomic E-state index is 13.7. The van der Waals surface area contributed by atoms with Crippen LogP contribution in [0.5, 0.6) is 5.88 Å². The van der Waals surface area contributed by atoms with Crippen LogP contribution in [0, 0.1) is 0 Å². The zero-order valence-corrected chi connectivity index (χ0v) is 23.0. The summed E-state index contributed by atoms with van der Waals surface area (Å²) in [5.41, 5.74) is 1.43. The molecule has 2 N–H and O–H groups in total. The summed E-state index contributed by atoms with van der Waals surface area (Å²) >= 11 is 1.17. The van der Waals surface area contributed by atoms with Gasteiger partial charge in [-0.3, -0.25) is 19.5 Å². The van der Waals surface area contributed by atoms with Crippen molar-refractivity contribution in [2.45, 2.75) is 50.1 Å². The number of sulfonamides is 1. The van der Waals surface area contributed by atoms with Crippen LogP contribution in [0.25, 0.3) is 10.6 Å². The molecular weight excluding hydrogens is 545 g/mol. The van der Waals surface area contributed by atoms with Crippen molar-refractivity contribution < 1.29 is 22.3 Å². The first kappa shape index (κ1) is 27.3. The highest BCUT2D eigenvalue weighted by Crippen LogP contribution is 2.31. The van der Waals surface area contributed by atoms with Crippen LogP contribution >= 0.6 is 11.3 Å². The minimum atomic E-state index is -3.45. The number of carbonyl (C=O) groups excluding carboxylic acids is 1. The molecule has 2 unspecified atom stereocenters. The molecule has 1 saturated heterocycles. The number of pyridine rings is 1. The van der Waals surface area contributed by atoms with Gasteiger partial charge in [-0.15, -0.1) is 11.3 Å². The Bertz CT molecular complexity index is 1420. The summed E-state index contributed by atoms with van der Waals surface area (Å²) < 4.78 is 46.7. The first-order valence-electron chi connectivity index (χ1n) is 12.9. The highest BCUT2D eigenvalue weighted by atomic mass is 32.2. The summed E-state index contributed by atoms with van der Waals surface area (Å²) in [5, 5.41) is 2.86. The van der Waals surface area contributed by atoms with E-state index in [2.05, 4.69) is 30.0 Å². The number of nitrogens with zero attached hydrogens (tertiary/aromatic N) is 5. The molecular formula is C25H30FN7O4S2. The Hall–Kier alpha value is -3.23. The first-order valence-corrected chi connectivity index (χ1v) is 15.2. The molecule has 0 radical (unpaired) electrons. The third-order valence-electron chi connectivity index (χ3n) is 6.47. The van der Waals surface area contributed by atoms with Gasteiger partial charge in [-0.1, -0.05) is 0 Å². The number of ether oxygens (including phenoxy) is 1. The Balaban J connectivity index is 1.33. The predicted octanol–water partition coefficient (Wildman–Crippen LogP) is 3.20. The number of likely N-dealkylation sites (tertiary alicyclic amines) is 1. The van der Waals surface area contributed by atoms with Gasteiger partial charge in [-0.25, -0.2) is 22.8 Å². The van der Waals surface area contributed by atoms with Gasteiger partial charge in [-0.05, 0) is 44.7 Å². The van der Waals surface area contributed by atoms with E-state index in [1.165, 1.54) is 23.7 Å². The lowest BCUT2D eigenvalue weighted by atomic mass is 10.1. The largest absolute Gasteiger partial charge is 0.477 e. The van der Waals surface area contributed by atoms with Crippen molar-refractivity contribution in [2.24, 2.45) is 0 Å². The number of hydrogen-bond acceptors (Lipinski definition) is 10. The second kappa shape index (κ2) is 11.9. The van der Waals surface area contributed by atoms with Crippen LogP contribution in [0.3, 0.4) is 0 Å². The van der Waals surface area contributed by atoms with E-state index in [0.29, 0.717) is 79.8 Å². The van der Waals surface area contributed by atoms with Crippen molar-refractivity contribution in [3.8, 4) is 16.5 Å². The molecule has 4 heterocycles. The summed E-state index contributed by atoms with van der Waals surface area (Å²) in [5.74, 6) is -0.0177. The van der Waals surface area contributed by atoms with Gasteiger partial charge in [0.1, 0.15) is 11.9 Å². The van der Waals surface area contributed by atoms with Crippen LogP contribution in [0.15, 0.2) is 36.9 Å². The molecule has 2 fully saturated rings. The number of rotatable bonds is 12. The van der Waals surface area contributed by atoms with E-state index >= 15 is 0 Å². The average molecular weight is 576 g/mol. The van der Waals surface area contributed by atoms with E-state index in [1.54, 1.807) is 24.5 Å². The van der Waals surface area contributed by atoms with Crippen molar-refractivity contribution in [2.75, 3.05) is 31.0 Å². The van der Waals surface area contributed by atoms with E-state index in [-0.39, 0.29) is 10.3 Å². The van der Waals surface area contributed by atoms with Crippen molar-refractivity contribution >= 4 is 33.0 Å². The maximum atomic E-state index is 13.7. The third kappa shape index (κ3) is 7.05. The van der Waals surface area contributed by atoms with Gasteiger partial charge < -0.3 is 15.0 Å². The van der Waals surface area contributed by atoms with E-state index in [0.717, 1.165) is 0 Å². The minimum Gasteiger partial charge on any atom is -0.477 e. The minimum absolute atomic E-state index is 0.231. The zero-order chi connectivity index (χ0) is 27.4. The molecule has 0 aromatic carbocycles. The lowest BCUT2D eigenvalue weighted by Crippen LogP contribution is -2.33. The molecule has 11 nitrogen and oxygen atoms in total. The number of anilines is 1. The molecule has 39 heavy (non-hydrogen) atoms. The Morgan fingerprint density at radius 2 is 2.10 bits per heavy atom. The quantitative estimate of drug-likeness (QED) is 0.333. The van der Waals surface area contributed by atoms with Gasteiger partial charge in [0.2, 0.25) is 15.9 Å². The predicted molar refractivity (Wildman–Crippen MR) is 145 cm³/mol. The molecule has 208 valence electrons. The number of hydrogen-bond donors (Lipinski definition) is 2. The molecule has 14 heteroatoms. The fraction of sp³-hybridized carbons (Fsp3) is 0.480. The van der Waals surface area contributed by atoms with Crippen molar-refractivity contribution in [3.05, 3.63) is 47.6 Å². The monoisotopic (exact) mass is 575 g/mol. The molecule has 3 aromatic heterocycles. The van der Waals surface area contributed by atoms with Crippen LogP contribution in [-0.2, 0) is 10.0 Å². The standard InChI is InChI=1S/C25H30FN7O4S2/c1-2-37-23-14-27-12-21(30-23)22-13-29-25(38-22)24(34)31-19(7-10-33-9-6-16(26)15-33)20-11-17(5-8-28-20)32-39(35,36)18-3-4-18/h5,8,11-14,16,18-19H,2-4,6-7,9-10,15H2,1H3,(H,28,32)(H,31,34). The lowest BCUT2D eigenvalue weighted by Gasteiger charge is -2.22. The molecule has 1 aliphatic heterocycles. The number of thiazole rings is 1. The van der Waals surface area contributed by atoms with Gasteiger partial charge in [0, 0.05) is 32.0 Å². The summed E-state index contributed by atoms with van der Waals surface area (Å²) in [6, 6.07) is 2.67. The molecule has 3 aromatic rings. The second-order valence-corrected chi connectivity index (χ2v) is 12.5. The van der Waals surface area contributed by atoms with Crippen LogP contribution in [-0.4, -0.2) is 76.8 Å². The second-order valence-electron chi connectivity index (χ2n) is 9.52. The Labute approximate surface area is 230 Å². The summed E-state index contributed by atoms with van der Waals surface area (Å²) in [6.07, 6.45) is 7.56. The molecule has 1 saturated carbocycles. The van der Waals surface area contributed by atoms with Gasteiger partial charge in [0.15, 0.2) is 5.01 Å². The first-order chi connectivity index (χ1) is 18.8. The number of halogens is 1. The lowest BCUT2D eigenvalue weighted by molar-refractivity contribution is 0.0930. The van der Waals surface area contributed by atoms with E-state index in [9.17, 15) is 17.6 Å².